The van der Waals surface area contributed by atoms with Crippen LogP contribution in [0.5, 0.6) is 0 Å². The minimum Gasteiger partial charge on any atom is -0.314 e. The Morgan fingerprint density at radius 1 is 1.24 bits per heavy atom. The summed E-state index contributed by atoms with van der Waals surface area (Å²) in [6.07, 6.45) is 0.529. The van der Waals surface area contributed by atoms with Gasteiger partial charge in [0.15, 0.2) is 5.13 Å². The van der Waals surface area contributed by atoms with E-state index in [9.17, 15) is 13.6 Å². The molecule has 5 nitrogen and oxygen atoms in total. The van der Waals surface area contributed by atoms with Crippen LogP contribution in [0.15, 0.2) is 34.8 Å². The highest BCUT2D eigenvalue weighted by Gasteiger charge is 2.21. The molecule has 1 saturated heterocycles. The number of fused-ring (bicyclic) bond motifs is 1. The van der Waals surface area contributed by atoms with Crippen molar-refractivity contribution in [1.29, 1.82) is 0 Å². The largest absolute Gasteiger partial charge is 0.314 e. The molecular formula is C20H19BrF2N4OS. The van der Waals surface area contributed by atoms with E-state index in [1.165, 1.54) is 23.5 Å². The molecule has 4 rings (SSSR count). The third-order valence-corrected chi connectivity index (χ3v) is 6.42. The van der Waals surface area contributed by atoms with Crippen molar-refractivity contribution in [1.82, 2.24) is 15.2 Å². The first kappa shape index (κ1) is 20.3. The van der Waals surface area contributed by atoms with Crippen molar-refractivity contribution in [3.8, 4) is 0 Å². The normalized spacial score (nSPS) is 15.0. The van der Waals surface area contributed by atoms with Crippen molar-refractivity contribution in [2.45, 2.75) is 6.42 Å². The Morgan fingerprint density at radius 2 is 1.97 bits per heavy atom. The van der Waals surface area contributed by atoms with Crippen molar-refractivity contribution in [3.05, 3.63) is 57.6 Å². The summed E-state index contributed by atoms with van der Waals surface area (Å²) in [7, 11) is 0. The van der Waals surface area contributed by atoms with Gasteiger partial charge in [-0.05, 0) is 52.2 Å². The number of nitrogens with zero attached hydrogens (tertiary/aromatic N) is 2. The molecule has 0 spiro atoms. The lowest BCUT2D eigenvalue weighted by Gasteiger charge is -2.27. The van der Waals surface area contributed by atoms with E-state index < -0.39 is 23.1 Å². The van der Waals surface area contributed by atoms with Crippen molar-refractivity contribution < 1.29 is 13.6 Å². The predicted molar refractivity (Wildman–Crippen MR) is 115 cm³/mol. The standard InChI is InChI=1S/C20H19BrF2N4OS/c21-13-2-1-3-16-18(13)25-20(29-16)26-19(28)17-14(22)10-12(11-15(17)23)4-7-27-8-5-24-6-9-27/h1-3,10-11,24H,4-9H2,(H,25,26,28). The van der Waals surface area contributed by atoms with Crippen molar-refractivity contribution in [2.75, 3.05) is 38.0 Å². The van der Waals surface area contributed by atoms with Crippen LogP contribution in [-0.4, -0.2) is 48.5 Å². The van der Waals surface area contributed by atoms with E-state index in [0.717, 1.165) is 41.9 Å². The number of hydrogen-bond acceptors (Lipinski definition) is 5. The molecule has 1 aromatic heterocycles. The van der Waals surface area contributed by atoms with Crippen LogP contribution in [0.4, 0.5) is 13.9 Å². The van der Waals surface area contributed by atoms with Crippen LogP contribution in [0.25, 0.3) is 10.2 Å². The van der Waals surface area contributed by atoms with E-state index in [4.69, 9.17) is 0 Å². The summed E-state index contributed by atoms with van der Waals surface area (Å²) in [5, 5.41) is 6.07. The molecule has 3 aromatic rings. The molecule has 0 unspecified atom stereocenters. The van der Waals surface area contributed by atoms with E-state index in [2.05, 4.69) is 36.4 Å². The van der Waals surface area contributed by atoms with Crippen LogP contribution in [0.1, 0.15) is 15.9 Å². The van der Waals surface area contributed by atoms with Gasteiger partial charge in [0.05, 0.1) is 10.2 Å². The molecule has 0 bridgehead atoms. The Morgan fingerprint density at radius 3 is 2.66 bits per heavy atom. The molecule has 0 radical (unpaired) electrons. The van der Waals surface area contributed by atoms with Gasteiger partial charge in [0.2, 0.25) is 0 Å². The van der Waals surface area contributed by atoms with Crippen LogP contribution in [0.2, 0.25) is 0 Å². The lowest BCUT2D eigenvalue weighted by Crippen LogP contribution is -2.44. The first-order valence-corrected chi connectivity index (χ1v) is 10.9. The molecule has 29 heavy (non-hydrogen) atoms. The smallest absolute Gasteiger partial charge is 0.263 e. The number of rotatable bonds is 5. The third kappa shape index (κ3) is 4.63. The second-order valence-corrected chi connectivity index (χ2v) is 8.72. The first-order chi connectivity index (χ1) is 14.0. The summed E-state index contributed by atoms with van der Waals surface area (Å²) in [5.74, 6) is -2.57. The SMILES string of the molecule is O=C(Nc1nc2c(Br)cccc2s1)c1c(F)cc(CCN2CCNCC2)cc1F. The Bertz CT molecular complexity index is 1030. The lowest BCUT2D eigenvalue weighted by molar-refractivity contribution is 0.101. The number of nitrogens with one attached hydrogen (secondary N) is 2. The predicted octanol–water partition coefficient (Wildman–Crippen LogP) is 4.04. The van der Waals surface area contributed by atoms with Gasteiger partial charge in [0.1, 0.15) is 17.2 Å². The summed E-state index contributed by atoms with van der Waals surface area (Å²) in [6, 6.07) is 8.05. The molecule has 0 saturated carbocycles. The Labute approximate surface area is 179 Å². The number of benzene rings is 2. The molecule has 1 aliphatic heterocycles. The summed E-state index contributed by atoms with van der Waals surface area (Å²) >= 11 is 4.65. The number of carbonyl (C=O) groups excluding carboxylic acids is 1. The molecule has 2 heterocycles. The molecule has 1 amide bonds. The van der Waals surface area contributed by atoms with E-state index in [1.807, 2.05) is 18.2 Å². The molecule has 2 N–H and O–H groups in total. The number of para-hydroxylation sites is 1. The third-order valence-electron chi connectivity index (χ3n) is 4.85. The van der Waals surface area contributed by atoms with Crippen LogP contribution in [-0.2, 0) is 6.42 Å². The number of hydrogen-bond donors (Lipinski definition) is 2. The zero-order valence-electron chi connectivity index (χ0n) is 15.5. The van der Waals surface area contributed by atoms with Crippen LogP contribution < -0.4 is 10.6 Å². The summed E-state index contributed by atoms with van der Waals surface area (Å²) in [4.78, 5) is 19.1. The zero-order valence-corrected chi connectivity index (χ0v) is 17.9. The van der Waals surface area contributed by atoms with Gasteiger partial charge in [0, 0.05) is 37.2 Å². The van der Waals surface area contributed by atoms with Crippen LogP contribution in [0.3, 0.4) is 0 Å². The molecule has 1 fully saturated rings. The van der Waals surface area contributed by atoms with Crippen LogP contribution >= 0.6 is 27.3 Å². The lowest BCUT2D eigenvalue weighted by atomic mass is 10.1. The maximum Gasteiger partial charge on any atom is 0.263 e. The highest BCUT2D eigenvalue weighted by molar-refractivity contribution is 9.10. The number of amides is 1. The van der Waals surface area contributed by atoms with Gasteiger partial charge in [-0.3, -0.25) is 10.1 Å². The van der Waals surface area contributed by atoms with Crippen LogP contribution in [0, 0.1) is 11.6 Å². The highest BCUT2D eigenvalue weighted by atomic mass is 79.9. The Kier molecular flexibility index (Phi) is 6.19. The quantitative estimate of drug-likeness (QED) is 0.578. The second-order valence-electron chi connectivity index (χ2n) is 6.84. The minimum atomic E-state index is -0.861. The number of piperazine rings is 1. The first-order valence-electron chi connectivity index (χ1n) is 9.28. The average Bonchev–Trinajstić information content (AvgIpc) is 3.10. The van der Waals surface area contributed by atoms with Gasteiger partial charge < -0.3 is 10.2 Å². The van der Waals surface area contributed by atoms with Crippen molar-refractivity contribution >= 4 is 48.5 Å². The van der Waals surface area contributed by atoms with Gasteiger partial charge in [-0.25, -0.2) is 13.8 Å². The van der Waals surface area contributed by atoms with Gasteiger partial charge in [-0.2, -0.15) is 0 Å². The number of carbonyl (C=O) groups is 1. The summed E-state index contributed by atoms with van der Waals surface area (Å²) in [6.45, 7) is 4.41. The Hall–Kier alpha value is -1.94. The second kappa shape index (κ2) is 8.83. The van der Waals surface area contributed by atoms with E-state index in [-0.39, 0.29) is 0 Å². The monoisotopic (exact) mass is 480 g/mol. The molecule has 9 heteroatoms. The fourth-order valence-corrected chi connectivity index (χ4v) is 4.81. The van der Waals surface area contributed by atoms with E-state index >= 15 is 0 Å². The number of halogens is 3. The fraction of sp³-hybridized carbons (Fsp3) is 0.300. The fourth-order valence-electron chi connectivity index (χ4n) is 3.34. The van der Waals surface area contributed by atoms with Crippen molar-refractivity contribution in [3.63, 3.8) is 0 Å². The number of thiazole rings is 1. The summed E-state index contributed by atoms with van der Waals surface area (Å²) < 4.78 is 30.7. The highest BCUT2D eigenvalue weighted by Crippen LogP contribution is 2.31. The number of aromatic nitrogens is 1. The molecule has 0 atom stereocenters. The molecular weight excluding hydrogens is 462 g/mol. The van der Waals surface area contributed by atoms with Gasteiger partial charge in [0.25, 0.3) is 5.91 Å². The van der Waals surface area contributed by atoms with E-state index in [0.29, 0.717) is 22.6 Å². The Balaban J connectivity index is 1.48. The zero-order chi connectivity index (χ0) is 20.4. The average molecular weight is 481 g/mol. The van der Waals surface area contributed by atoms with Gasteiger partial charge in [-0.1, -0.05) is 17.4 Å². The maximum atomic E-state index is 14.5. The molecule has 152 valence electrons. The van der Waals surface area contributed by atoms with Gasteiger partial charge >= 0.3 is 0 Å². The molecule has 2 aromatic carbocycles. The minimum absolute atomic E-state index is 0.290. The van der Waals surface area contributed by atoms with Crippen molar-refractivity contribution in [2.24, 2.45) is 0 Å². The van der Waals surface area contributed by atoms with E-state index in [1.54, 1.807) is 0 Å². The molecule has 0 aliphatic carbocycles. The topological polar surface area (TPSA) is 57.3 Å². The molecule has 1 aliphatic rings. The number of anilines is 1. The van der Waals surface area contributed by atoms with Gasteiger partial charge in [-0.15, -0.1) is 0 Å². The summed E-state index contributed by atoms with van der Waals surface area (Å²) in [5.41, 5.74) is 0.644. The maximum absolute atomic E-state index is 14.5.